The lowest BCUT2D eigenvalue weighted by Gasteiger charge is -2.23. The van der Waals surface area contributed by atoms with Crippen molar-refractivity contribution in [1.29, 1.82) is 0 Å². The number of carbonyl (C=O) groups is 5. The maximum atomic E-state index is 13.5. The van der Waals surface area contributed by atoms with Crippen LogP contribution in [0.3, 0.4) is 0 Å². The molecule has 13 heteroatoms. The summed E-state index contributed by atoms with van der Waals surface area (Å²) in [5.41, 5.74) is 5.16. The molecule has 2 aromatic rings. The van der Waals surface area contributed by atoms with Crippen molar-refractivity contribution >= 4 is 35.5 Å². The van der Waals surface area contributed by atoms with Crippen LogP contribution in [0.2, 0.25) is 0 Å². The van der Waals surface area contributed by atoms with E-state index < -0.39 is 42.9 Å². The number of nitrogens with one attached hydrogen (secondary N) is 1. The van der Waals surface area contributed by atoms with E-state index in [4.69, 9.17) is 25.1 Å². The second kappa shape index (κ2) is 13.7. The SMILES string of the molecule is CC(C)Oc1cc(OCC(=O)O)cc(C(=O)N(CCC(N)=O)C(=O)Nc2ccc(C(=O)O)cc2OC(C)C)c1. The number of anilines is 1. The summed E-state index contributed by atoms with van der Waals surface area (Å²) in [4.78, 5) is 61.3. The largest absolute Gasteiger partial charge is 0.491 e. The molecule has 0 heterocycles. The lowest BCUT2D eigenvalue weighted by molar-refractivity contribution is -0.139. The predicted molar refractivity (Wildman–Crippen MR) is 138 cm³/mol. The van der Waals surface area contributed by atoms with Crippen molar-refractivity contribution in [1.82, 2.24) is 4.90 Å². The van der Waals surface area contributed by atoms with Crippen LogP contribution in [-0.4, -0.2) is 70.3 Å². The van der Waals surface area contributed by atoms with Crippen LogP contribution >= 0.6 is 0 Å². The summed E-state index contributed by atoms with van der Waals surface area (Å²) in [6.45, 7) is 5.82. The molecular formula is C26H31N3O10. The molecular weight excluding hydrogens is 514 g/mol. The molecule has 2 rings (SSSR count). The average Bonchev–Trinajstić information content (AvgIpc) is 2.82. The molecule has 2 aromatic carbocycles. The third kappa shape index (κ3) is 9.54. The fourth-order valence-electron chi connectivity index (χ4n) is 3.23. The summed E-state index contributed by atoms with van der Waals surface area (Å²) in [6, 6.07) is 6.80. The van der Waals surface area contributed by atoms with Crippen molar-refractivity contribution in [3.05, 3.63) is 47.5 Å². The van der Waals surface area contributed by atoms with Crippen LogP contribution in [-0.2, 0) is 9.59 Å². The smallest absolute Gasteiger partial charge is 0.341 e. The molecule has 13 nitrogen and oxygen atoms in total. The molecule has 0 saturated carbocycles. The Balaban J connectivity index is 2.47. The maximum Gasteiger partial charge on any atom is 0.341 e. The zero-order valence-corrected chi connectivity index (χ0v) is 21.9. The normalized spacial score (nSPS) is 10.6. The predicted octanol–water partition coefficient (Wildman–Crippen LogP) is 2.97. The van der Waals surface area contributed by atoms with Gasteiger partial charge < -0.3 is 35.5 Å². The van der Waals surface area contributed by atoms with Gasteiger partial charge in [-0.15, -0.1) is 0 Å². The van der Waals surface area contributed by atoms with Crippen LogP contribution in [0.25, 0.3) is 0 Å². The molecule has 0 aliphatic rings. The van der Waals surface area contributed by atoms with Gasteiger partial charge in [0.05, 0.1) is 23.5 Å². The number of nitrogens with zero attached hydrogens (tertiary/aromatic N) is 1. The lowest BCUT2D eigenvalue weighted by atomic mass is 10.1. The minimum atomic E-state index is -1.24. The van der Waals surface area contributed by atoms with Gasteiger partial charge in [-0.05, 0) is 58.0 Å². The van der Waals surface area contributed by atoms with Crippen LogP contribution in [0.1, 0.15) is 54.8 Å². The number of nitrogens with two attached hydrogens (primary N) is 1. The van der Waals surface area contributed by atoms with Crippen molar-refractivity contribution in [2.45, 2.75) is 46.3 Å². The molecule has 0 spiro atoms. The summed E-state index contributed by atoms with van der Waals surface area (Å²) in [5, 5.41) is 20.8. The summed E-state index contributed by atoms with van der Waals surface area (Å²) < 4.78 is 16.5. The van der Waals surface area contributed by atoms with Gasteiger partial charge in [-0.25, -0.2) is 14.4 Å². The molecule has 0 fully saturated rings. The third-order valence-corrected chi connectivity index (χ3v) is 4.77. The standard InChI is InChI=1S/C26H31N3O10/c1-14(2)38-19-10-17(9-18(12-19)37-13-23(31)32)24(33)29(8-7-22(27)30)26(36)28-20-6-5-16(25(34)35)11-21(20)39-15(3)4/h5-6,9-12,14-15H,7-8,13H2,1-4H3,(H2,27,30)(H,28,36)(H,31,32)(H,34,35). The molecule has 0 atom stereocenters. The minimum absolute atomic E-state index is 0.00559. The molecule has 0 aliphatic carbocycles. The topological polar surface area (TPSA) is 195 Å². The number of hydrogen-bond donors (Lipinski definition) is 4. The minimum Gasteiger partial charge on any atom is -0.491 e. The van der Waals surface area contributed by atoms with E-state index in [2.05, 4.69) is 5.32 Å². The molecule has 5 N–H and O–H groups in total. The van der Waals surface area contributed by atoms with Crippen LogP contribution in [0.15, 0.2) is 36.4 Å². The quantitative estimate of drug-likeness (QED) is 0.290. The first-order chi connectivity index (χ1) is 18.3. The Morgan fingerprint density at radius 2 is 1.54 bits per heavy atom. The van der Waals surface area contributed by atoms with E-state index in [1.165, 1.54) is 36.4 Å². The number of aromatic carboxylic acids is 1. The Morgan fingerprint density at radius 3 is 2.10 bits per heavy atom. The van der Waals surface area contributed by atoms with Crippen LogP contribution < -0.4 is 25.3 Å². The van der Waals surface area contributed by atoms with Crippen LogP contribution in [0.4, 0.5) is 10.5 Å². The number of ether oxygens (including phenoxy) is 3. The highest BCUT2D eigenvalue weighted by Crippen LogP contribution is 2.29. The average molecular weight is 546 g/mol. The number of rotatable bonds is 13. The highest BCUT2D eigenvalue weighted by atomic mass is 16.5. The van der Waals surface area contributed by atoms with Gasteiger partial charge in [-0.1, -0.05) is 0 Å². The fourth-order valence-corrected chi connectivity index (χ4v) is 3.23. The van der Waals surface area contributed by atoms with Gasteiger partial charge in [0.15, 0.2) is 6.61 Å². The van der Waals surface area contributed by atoms with E-state index in [9.17, 15) is 29.1 Å². The van der Waals surface area contributed by atoms with Gasteiger partial charge in [-0.2, -0.15) is 0 Å². The number of urea groups is 1. The van der Waals surface area contributed by atoms with E-state index in [0.717, 1.165) is 4.90 Å². The zero-order valence-electron chi connectivity index (χ0n) is 21.9. The van der Waals surface area contributed by atoms with E-state index in [0.29, 0.717) is 0 Å². The van der Waals surface area contributed by atoms with Crippen molar-refractivity contribution in [3.63, 3.8) is 0 Å². The van der Waals surface area contributed by atoms with Gasteiger partial charge in [-0.3, -0.25) is 14.5 Å². The zero-order chi connectivity index (χ0) is 29.3. The Kier molecular flexibility index (Phi) is 10.6. The number of benzene rings is 2. The van der Waals surface area contributed by atoms with Gasteiger partial charge in [0, 0.05) is 24.6 Å². The summed E-state index contributed by atoms with van der Waals surface area (Å²) in [6.07, 6.45) is -1.02. The van der Waals surface area contributed by atoms with E-state index in [-0.39, 0.29) is 52.7 Å². The third-order valence-electron chi connectivity index (χ3n) is 4.77. The number of aliphatic carboxylic acids is 1. The molecule has 0 saturated heterocycles. The number of carboxylic acid groups (broad SMARTS) is 2. The van der Waals surface area contributed by atoms with Gasteiger partial charge in [0.2, 0.25) is 5.91 Å². The van der Waals surface area contributed by atoms with Crippen molar-refractivity contribution in [3.8, 4) is 17.2 Å². The summed E-state index contributed by atoms with van der Waals surface area (Å²) in [7, 11) is 0. The summed E-state index contributed by atoms with van der Waals surface area (Å²) >= 11 is 0. The number of amides is 4. The Labute approximate surface area is 224 Å². The Morgan fingerprint density at radius 1 is 0.897 bits per heavy atom. The lowest BCUT2D eigenvalue weighted by Crippen LogP contribution is -2.42. The van der Waals surface area contributed by atoms with Crippen LogP contribution in [0.5, 0.6) is 17.2 Å². The number of hydrogen-bond acceptors (Lipinski definition) is 8. The van der Waals surface area contributed by atoms with Crippen molar-refractivity contribution < 1.29 is 48.4 Å². The second-order valence-corrected chi connectivity index (χ2v) is 8.83. The second-order valence-electron chi connectivity index (χ2n) is 8.83. The number of primary amides is 1. The first-order valence-electron chi connectivity index (χ1n) is 11.9. The molecule has 4 amide bonds. The molecule has 0 radical (unpaired) electrons. The van der Waals surface area contributed by atoms with Crippen molar-refractivity contribution in [2.75, 3.05) is 18.5 Å². The number of carboxylic acids is 2. The Bertz CT molecular complexity index is 1240. The van der Waals surface area contributed by atoms with E-state index >= 15 is 0 Å². The Hall–Kier alpha value is -4.81. The fraction of sp³-hybridized carbons (Fsp3) is 0.346. The van der Waals surface area contributed by atoms with Gasteiger partial charge in [0.1, 0.15) is 17.2 Å². The van der Waals surface area contributed by atoms with Gasteiger partial charge in [0.25, 0.3) is 5.91 Å². The molecule has 0 aromatic heterocycles. The number of imide groups is 1. The molecule has 0 aliphatic heterocycles. The molecule has 0 bridgehead atoms. The van der Waals surface area contributed by atoms with E-state index in [1.54, 1.807) is 27.7 Å². The van der Waals surface area contributed by atoms with E-state index in [1.807, 2.05) is 0 Å². The highest BCUT2D eigenvalue weighted by Gasteiger charge is 2.26. The summed E-state index contributed by atoms with van der Waals surface area (Å²) in [5.74, 6) is -3.83. The maximum absolute atomic E-state index is 13.5. The molecule has 0 unspecified atom stereocenters. The molecule has 39 heavy (non-hydrogen) atoms. The number of carbonyl (C=O) groups excluding carboxylic acids is 3. The molecule has 210 valence electrons. The van der Waals surface area contributed by atoms with Crippen LogP contribution in [0, 0.1) is 0 Å². The van der Waals surface area contributed by atoms with Crippen molar-refractivity contribution in [2.24, 2.45) is 5.73 Å². The first kappa shape index (κ1) is 30.4. The monoisotopic (exact) mass is 545 g/mol. The highest BCUT2D eigenvalue weighted by molar-refractivity contribution is 6.09. The first-order valence-corrected chi connectivity index (χ1v) is 11.9. The van der Waals surface area contributed by atoms with Gasteiger partial charge >= 0.3 is 18.0 Å².